The van der Waals surface area contributed by atoms with Crippen molar-refractivity contribution < 1.29 is 32.2 Å². The van der Waals surface area contributed by atoms with E-state index in [1.807, 2.05) is 19.9 Å². The van der Waals surface area contributed by atoms with Gasteiger partial charge in [0.05, 0.1) is 0 Å². The molecule has 0 bridgehead atoms. The molecule has 0 aliphatic heterocycles. The minimum atomic E-state index is -2.05. The number of Topliss-reactive ketones (excluding diaryl/α,β-unsaturated/α-hetero) is 1. The van der Waals surface area contributed by atoms with Crippen LogP contribution in [0.15, 0.2) is 18.2 Å². The van der Waals surface area contributed by atoms with Gasteiger partial charge in [-0.15, -0.1) is 0 Å². The maximum atomic E-state index is 11.8. The van der Waals surface area contributed by atoms with Crippen molar-refractivity contribution in [2.45, 2.75) is 33.3 Å². The van der Waals surface area contributed by atoms with Crippen molar-refractivity contribution in [3.05, 3.63) is 36.4 Å². The van der Waals surface area contributed by atoms with Crippen molar-refractivity contribution in [1.82, 2.24) is 0 Å². The summed E-state index contributed by atoms with van der Waals surface area (Å²) in [5, 5.41) is 0. The third-order valence-corrected chi connectivity index (χ3v) is 4.81. The summed E-state index contributed by atoms with van der Waals surface area (Å²) in [5.74, 6) is -0.605. The Hall–Kier alpha value is -0.767. The SMILES string of the molecule is [CH2-][O+](c1ccc(CC(=O)C(=O)OCC)cc1[CH]=[Ru]([Cl])[Cl])C(C)C. The van der Waals surface area contributed by atoms with Gasteiger partial charge in [0.2, 0.25) is 0 Å². The Morgan fingerprint density at radius 3 is 2.57 bits per heavy atom. The molecule has 0 N–H and O–H groups in total. The number of halogens is 2. The Morgan fingerprint density at radius 2 is 2.04 bits per heavy atom. The zero-order chi connectivity index (χ0) is 17.6. The van der Waals surface area contributed by atoms with Gasteiger partial charge in [0.15, 0.2) is 0 Å². The first kappa shape index (κ1) is 20.3. The molecular weight excluding hydrogens is 428 g/mol. The number of carbonyl (C=O) groups excluding carboxylic acids is 2. The molecule has 0 unspecified atom stereocenters. The van der Waals surface area contributed by atoms with Gasteiger partial charge in [-0.05, 0) is 0 Å². The van der Waals surface area contributed by atoms with E-state index in [2.05, 4.69) is 11.5 Å². The standard InChI is InChI=1S/C16H20O4.2ClH.Ru/c1-6-19-16(18)14(17)10-13-7-8-15(12(4)9-13)20(5)11(2)3;;;/h4,7-9,11H,5-6,10H2,1-3H3;2*1H;/q;;;+2/p-2. The fourth-order valence-corrected chi connectivity index (χ4v) is 3.62. The average Bonchev–Trinajstić information content (AvgIpc) is 2.46. The first-order valence-corrected chi connectivity index (χ1v) is 12.4. The molecule has 0 atom stereocenters. The van der Waals surface area contributed by atoms with Crippen LogP contribution in [0.1, 0.15) is 31.9 Å². The molecule has 0 spiro atoms. The van der Waals surface area contributed by atoms with Crippen LogP contribution in [0.5, 0.6) is 5.75 Å². The van der Waals surface area contributed by atoms with Crippen LogP contribution in [0.25, 0.3) is 0 Å². The molecule has 4 nitrogen and oxygen atoms in total. The van der Waals surface area contributed by atoms with Gasteiger partial charge in [0, 0.05) is 0 Å². The van der Waals surface area contributed by atoms with Crippen LogP contribution in [-0.2, 0) is 38.6 Å². The Balaban J connectivity index is 3.11. The van der Waals surface area contributed by atoms with Crippen LogP contribution >= 0.6 is 19.4 Å². The van der Waals surface area contributed by atoms with E-state index in [4.69, 9.17) is 24.1 Å². The topological polar surface area (TPSA) is 46.1 Å². The maximum absolute atomic E-state index is 11.8. The summed E-state index contributed by atoms with van der Waals surface area (Å²) in [6.45, 7) is 5.80. The van der Waals surface area contributed by atoms with Gasteiger partial charge in [-0.25, -0.2) is 0 Å². The number of esters is 1. The second-order valence-corrected chi connectivity index (χ2v) is 10.7. The second-order valence-electron chi connectivity index (χ2n) is 4.98. The summed E-state index contributed by atoms with van der Waals surface area (Å²) in [6.07, 6.45) is 0.0845. The number of carbonyl (C=O) groups is 2. The fourth-order valence-electron chi connectivity index (χ4n) is 1.83. The molecule has 0 heterocycles. The van der Waals surface area contributed by atoms with Crippen molar-refractivity contribution in [2.24, 2.45) is 0 Å². The first-order valence-electron chi connectivity index (χ1n) is 6.95. The van der Waals surface area contributed by atoms with Gasteiger partial charge in [-0.2, -0.15) is 0 Å². The molecule has 1 aromatic rings. The third-order valence-electron chi connectivity index (χ3n) is 2.98. The van der Waals surface area contributed by atoms with E-state index in [9.17, 15) is 9.59 Å². The van der Waals surface area contributed by atoms with Gasteiger partial charge < -0.3 is 0 Å². The molecule has 23 heavy (non-hydrogen) atoms. The Labute approximate surface area is 149 Å². The van der Waals surface area contributed by atoms with Gasteiger partial charge in [0.1, 0.15) is 0 Å². The minimum absolute atomic E-state index is 0.0271. The van der Waals surface area contributed by atoms with E-state index in [1.165, 1.54) is 0 Å². The number of rotatable bonds is 7. The zero-order valence-corrected chi connectivity index (χ0v) is 16.5. The molecule has 0 saturated heterocycles. The van der Waals surface area contributed by atoms with E-state index in [0.29, 0.717) is 5.56 Å². The summed E-state index contributed by atoms with van der Waals surface area (Å²) < 4.78 is 9.23. The molecule has 0 amide bonds. The molecule has 7 heteroatoms. The van der Waals surface area contributed by atoms with E-state index in [0.717, 1.165) is 11.3 Å². The normalized spacial score (nSPS) is 11.2. The van der Waals surface area contributed by atoms with Gasteiger partial charge in [-0.3, -0.25) is 0 Å². The number of hydrogen-bond acceptors (Lipinski definition) is 3. The van der Waals surface area contributed by atoms with Crippen LogP contribution in [0.4, 0.5) is 0 Å². The van der Waals surface area contributed by atoms with Crippen LogP contribution in [0.3, 0.4) is 0 Å². The molecule has 1 aromatic carbocycles. The van der Waals surface area contributed by atoms with Gasteiger partial charge >= 0.3 is 150 Å². The Morgan fingerprint density at radius 1 is 1.39 bits per heavy atom. The average molecular weight is 448 g/mol. The third kappa shape index (κ3) is 6.33. The molecular formula is C16H20Cl2O4Ru. The van der Waals surface area contributed by atoms with Crippen molar-refractivity contribution in [3.63, 3.8) is 0 Å². The van der Waals surface area contributed by atoms with Crippen molar-refractivity contribution in [3.8, 4) is 5.75 Å². The molecule has 1 rings (SSSR count). The first-order chi connectivity index (χ1) is 10.8. The van der Waals surface area contributed by atoms with E-state index < -0.39 is 25.3 Å². The summed E-state index contributed by atoms with van der Waals surface area (Å²) >= 11 is -2.05. The summed E-state index contributed by atoms with van der Waals surface area (Å²) in [4.78, 5) is 23.2. The van der Waals surface area contributed by atoms with E-state index >= 15 is 0 Å². The molecule has 0 radical (unpaired) electrons. The quantitative estimate of drug-likeness (QED) is 0.209. The van der Waals surface area contributed by atoms with Crippen LogP contribution in [0.2, 0.25) is 0 Å². The second kappa shape index (κ2) is 9.51. The number of hydrogen-bond donors (Lipinski definition) is 0. The van der Waals surface area contributed by atoms with Crippen molar-refractivity contribution in [2.75, 3.05) is 6.61 Å². The predicted molar refractivity (Wildman–Crippen MR) is 89.7 cm³/mol. The monoisotopic (exact) mass is 448 g/mol. The molecule has 130 valence electrons. The van der Waals surface area contributed by atoms with Crippen LogP contribution < -0.4 is 0 Å². The Bertz CT molecular complexity index is 610. The molecule has 0 fully saturated rings. The van der Waals surface area contributed by atoms with Crippen molar-refractivity contribution in [1.29, 1.82) is 0 Å². The fraction of sp³-hybridized carbons (Fsp3) is 0.375. The number of benzene rings is 1. The van der Waals surface area contributed by atoms with Crippen LogP contribution in [0, 0.1) is 7.11 Å². The van der Waals surface area contributed by atoms with Crippen molar-refractivity contribution >= 4 is 35.7 Å². The molecule has 0 aromatic heterocycles. The van der Waals surface area contributed by atoms with Gasteiger partial charge in [-0.1, -0.05) is 0 Å². The predicted octanol–water partition coefficient (Wildman–Crippen LogP) is 3.90. The summed E-state index contributed by atoms with van der Waals surface area (Å²) in [6, 6.07) is 5.39. The number of ketones is 1. The molecule has 0 aliphatic carbocycles. The van der Waals surface area contributed by atoms with E-state index in [1.54, 1.807) is 23.7 Å². The van der Waals surface area contributed by atoms with E-state index in [-0.39, 0.29) is 19.1 Å². The summed E-state index contributed by atoms with van der Waals surface area (Å²) in [7, 11) is 15.9. The molecule has 0 saturated carbocycles. The zero-order valence-electron chi connectivity index (χ0n) is 13.3. The van der Waals surface area contributed by atoms with Crippen LogP contribution in [-0.4, -0.2) is 29.1 Å². The number of ether oxygens (including phenoxy) is 1. The summed E-state index contributed by atoms with van der Waals surface area (Å²) in [5.41, 5.74) is 1.48. The Kier molecular flexibility index (Phi) is 8.38. The van der Waals surface area contributed by atoms with Gasteiger partial charge in [0.25, 0.3) is 0 Å². The molecule has 0 aliphatic rings.